The van der Waals surface area contributed by atoms with Crippen LogP contribution in [0.25, 0.3) is 22.2 Å². The van der Waals surface area contributed by atoms with Crippen LogP contribution in [0, 0.1) is 5.92 Å². The van der Waals surface area contributed by atoms with Gasteiger partial charge in [-0.05, 0) is 49.3 Å². The van der Waals surface area contributed by atoms with Gasteiger partial charge in [-0.15, -0.1) is 11.3 Å². The molecule has 2 heterocycles. The van der Waals surface area contributed by atoms with E-state index >= 15 is 0 Å². The van der Waals surface area contributed by atoms with Crippen LogP contribution in [0.4, 0.5) is 5.00 Å². The van der Waals surface area contributed by atoms with Crippen LogP contribution in [0.5, 0.6) is 0 Å². The first-order chi connectivity index (χ1) is 17.0. The maximum Gasteiger partial charge on any atom is 0.341 e. The minimum atomic E-state index is -0.348. The van der Waals surface area contributed by atoms with E-state index in [4.69, 9.17) is 9.72 Å². The zero-order chi connectivity index (χ0) is 24.4. The van der Waals surface area contributed by atoms with Crippen LogP contribution >= 0.6 is 11.3 Å². The van der Waals surface area contributed by atoms with E-state index in [1.807, 2.05) is 67.6 Å². The van der Waals surface area contributed by atoms with Gasteiger partial charge < -0.3 is 10.1 Å². The van der Waals surface area contributed by atoms with Gasteiger partial charge in [-0.3, -0.25) is 4.79 Å². The number of benzene rings is 2. The highest BCUT2D eigenvalue weighted by molar-refractivity contribution is 7.17. The van der Waals surface area contributed by atoms with E-state index < -0.39 is 0 Å². The molecule has 0 radical (unpaired) electrons. The van der Waals surface area contributed by atoms with Crippen molar-refractivity contribution in [2.45, 2.75) is 39.5 Å². The molecule has 2 aromatic heterocycles. The first-order valence-corrected chi connectivity index (χ1v) is 12.9. The molecule has 1 N–H and O–H groups in total. The molecule has 0 unspecified atom stereocenters. The molecule has 1 aliphatic carbocycles. The van der Waals surface area contributed by atoms with Crippen LogP contribution in [0.2, 0.25) is 0 Å². The smallest absolute Gasteiger partial charge is 0.341 e. The molecule has 0 saturated heterocycles. The summed E-state index contributed by atoms with van der Waals surface area (Å²) < 4.78 is 5.51. The Labute approximate surface area is 209 Å². The fraction of sp³-hybridized carbons (Fsp3) is 0.276. The van der Waals surface area contributed by atoms with E-state index in [0.717, 1.165) is 53.4 Å². The summed E-state index contributed by atoms with van der Waals surface area (Å²) in [6.45, 7) is 4.56. The van der Waals surface area contributed by atoms with Crippen LogP contribution in [-0.2, 0) is 17.6 Å². The van der Waals surface area contributed by atoms with Crippen molar-refractivity contribution >= 4 is 39.1 Å². The molecule has 178 valence electrons. The predicted octanol–water partition coefficient (Wildman–Crippen LogP) is 6.91. The number of anilines is 1. The molecular formula is C29H28N2O3S. The van der Waals surface area contributed by atoms with Crippen molar-refractivity contribution in [1.82, 2.24) is 4.98 Å². The second kappa shape index (κ2) is 10.0. The Morgan fingerprint density at radius 3 is 2.69 bits per heavy atom. The van der Waals surface area contributed by atoms with Crippen LogP contribution < -0.4 is 5.32 Å². The van der Waals surface area contributed by atoms with E-state index in [0.29, 0.717) is 28.7 Å². The molecule has 0 spiro atoms. The first kappa shape index (κ1) is 23.2. The Bertz CT molecular complexity index is 1390. The number of thiophene rings is 1. The van der Waals surface area contributed by atoms with Crippen molar-refractivity contribution in [3.8, 4) is 11.3 Å². The lowest BCUT2D eigenvalue weighted by Crippen LogP contribution is -2.17. The summed E-state index contributed by atoms with van der Waals surface area (Å²) in [6.07, 6.45) is 3.53. The molecule has 1 amide bonds. The lowest BCUT2D eigenvalue weighted by atomic mass is 9.88. The lowest BCUT2D eigenvalue weighted by Gasteiger charge is -2.18. The largest absolute Gasteiger partial charge is 0.462 e. The number of amides is 1. The number of aromatic nitrogens is 1. The minimum Gasteiger partial charge on any atom is -0.462 e. The van der Waals surface area contributed by atoms with E-state index in [2.05, 4.69) is 12.2 Å². The topological polar surface area (TPSA) is 68.3 Å². The first-order valence-electron chi connectivity index (χ1n) is 12.1. The maximum atomic E-state index is 13.7. The number of pyridine rings is 1. The number of rotatable bonds is 6. The quantitative estimate of drug-likeness (QED) is 0.302. The molecule has 5 nitrogen and oxygen atoms in total. The van der Waals surface area contributed by atoms with Crippen molar-refractivity contribution in [2.75, 3.05) is 11.9 Å². The molecule has 0 fully saturated rings. The average Bonchev–Trinajstić information content (AvgIpc) is 3.23. The summed E-state index contributed by atoms with van der Waals surface area (Å²) in [4.78, 5) is 32.7. The number of para-hydroxylation sites is 1. The lowest BCUT2D eigenvalue weighted by molar-refractivity contribution is 0.0505. The molecule has 0 bridgehead atoms. The highest BCUT2D eigenvalue weighted by atomic mass is 32.1. The van der Waals surface area contributed by atoms with E-state index in [-0.39, 0.29) is 11.9 Å². The predicted molar refractivity (Wildman–Crippen MR) is 141 cm³/mol. The number of nitrogens with one attached hydrogen (secondary N) is 1. The summed E-state index contributed by atoms with van der Waals surface area (Å²) in [5, 5.41) is 4.43. The average molecular weight is 485 g/mol. The van der Waals surface area contributed by atoms with Crippen LogP contribution in [-0.4, -0.2) is 23.5 Å². The third-order valence-corrected chi connectivity index (χ3v) is 7.58. The van der Waals surface area contributed by atoms with E-state index in [9.17, 15) is 9.59 Å². The zero-order valence-electron chi connectivity index (χ0n) is 20.0. The monoisotopic (exact) mass is 484 g/mol. The molecule has 0 aliphatic heterocycles. The van der Waals surface area contributed by atoms with Gasteiger partial charge in [0.25, 0.3) is 5.91 Å². The van der Waals surface area contributed by atoms with Crippen molar-refractivity contribution < 1.29 is 14.3 Å². The van der Waals surface area contributed by atoms with Gasteiger partial charge in [0.1, 0.15) is 5.00 Å². The van der Waals surface area contributed by atoms with Crippen LogP contribution in [0.1, 0.15) is 57.8 Å². The molecular weight excluding hydrogens is 456 g/mol. The van der Waals surface area contributed by atoms with Gasteiger partial charge >= 0.3 is 5.97 Å². The number of fused-ring (bicyclic) bond motifs is 2. The molecule has 2 aromatic carbocycles. The van der Waals surface area contributed by atoms with Gasteiger partial charge in [0.2, 0.25) is 0 Å². The van der Waals surface area contributed by atoms with E-state index in [1.54, 1.807) is 0 Å². The third-order valence-electron chi connectivity index (χ3n) is 6.41. The third kappa shape index (κ3) is 4.71. The van der Waals surface area contributed by atoms with Crippen molar-refractivity contribution in [2.24, 2.45) is 5.92 Å². The Morgan fingerprint density at radius 1 is 1.11 bits per heavy atom. The Kier molecular flexibility index (Phi) is 6.64. The molecule has 4 aromatic rings. The number of hydrogen-bond donors (Lipinski definition) is 1. The Balaban J connectivity index is 1.56. The maximum absolute atomic E-state index is 13.7. The highest BCUT2D eigenvalue weighted by Gasteiger charge is 2.29. The second-order valence-corrected chi connectivity index (χ2v) is 10.2. The fourth-order valence-corrected chi connectivity index (χ4v) is 6.01. The summed E-state index contributed by atoms with van der Waals surface area (Å²) in [5.74, 6) is -0.0440. The number of carbonyl (C=O) groups is 2. The number of carbonyl (C=O) groups excluding carboxylic acids is 2. The van der Waals surface area contributed by atoms with Crippen molar-refractivity contribution in [3.05, 3.63) is 82.2 Å². The number of nitrogens with zero attached hydrogens (tertiary/aromatic N) is 1. The number of esters is 1. The zero-order valence-corrected chi connectivity index (χ0v) is 20.8. The summed E-state index contributed by atoms with van der Waals surface area (Å²) in [5.41, 5.74) is 4.52. The standard InChI is InChI=1S/C29H28N2O3S/c1-3-15-34-29(33)26-21-14-13-18(2)16-25(21)35-28(26)31-27(32)22-17-24(19-9-5-4-6-10-19)30-23-12-8-7-11-20(22)23/h4-12,17-18H,3,13-16H2,1-2H3,(H,31,32)/t18-/m1/s1. The van der Waals surface area contributed by atoms with Gasteiger partial charge in [-0.2, -0.15) is 0 Å². The normalized spacial score (nSPS) is 15.0. The van der Waals surface area contributed by atoms with Gasteiger partial charge in [0.05, 0.1) is 28.9 Å². The SMILES string of the molecule is CCCOC(=O)c1c(NC(=O)c2cc(-c3ccccc3)nc3ccccc23)sc2c1CC[C@@H](C)C2. The molecule has 35 heavy (non-hydrogen) atoms. The van der Waals surface area contributed by atoms with Crippen molar-refractivity contribution in [1.29, 1.82) is 0 Å². The molecule has 6 heteroatoms. The number of ether oxygens (including phenoxy) is 1. The highest BCUT2D eigenvalue weighted by Crippen LogP contribution is 2.40. The minimum absolute atomic E-state index is 0.253. The molecule has 0 saturated carbocycles. The van der Waals surface area contributed by atoms with Gasteiger partial charge in [0.15, 0.2) is 0 Å². The van der Waals surface area contributed by atoms with Crippen molar-refractivity contribution in [3.63, 3.8) is 0 Å². The van der Waals surface area contributed by atoms with E-state index in [1.165, 1.54) is 16.2 Å². The summed E-state index contributed by atoms with van der Waals surface area (Å²) in [7, 11) is 0. The molecule has 1 aliphatic rings. The second-order valence-electron chi connectivity index (χ2n) is 9.08. The van der Waals surface area contributed by atoms with Gasteiger partial charge in [-0.1, -0.05) is 62.4 Å². The molecule has 5 rings (SSSR count). The van der Waals surface area contributed by atoms with Crippen LogP contribution in [0.15, 0.2) is 60.7 Å². The van der Waals surface area contributed by atoms with Crippen LogP contribution in [0.3, 0.4) is 0 Å². The fourth-order valence-electron chi connectivity index (χ4n) is 4.61. The van der Waals surface area contributed by atoms with Gasteiger partial charge in [-0.25, -0.2) is 9.78 Å². The Morgan fingerprint density at radius 2 is 1.89 bits per heavy atom. The van der Waals surface area contributed by atoms with Gasteiger partial charge in [0, 0.05) is 15.8 Å². The molecule has 1 atom stereocenters. The summed E-state index contributed by atoms with van der Waals surface area (Å²) in [6, 6.07) is 19.3. The summed E-state index contributed by atoms with van der Waals surface area (Å²) >= 11 is 1.51. The number of hydrogen-bond acceptors (Lipinski definition) is 5. The Hall–Kier alpha value is -3.51.